The molecule has 112 valence electrons. The Morgan fingerprint density at radius 2 is 1.65 bits per heavy atom. The largest absolute Gasteiger partial charge is 0.416 e. The van der Waals surface area contributed by atoms with Crippen LogP contribution < -0.4 is 0 Å². The van der Waals surface area contributed by atoms with Crippen molar-refractivity contribution < 1.29 is 23.0 Å². The van der Waals surface area contributed by atoms with Crippen LogP contribution in [0.2, 0.25) is 0 Å². The first kappa shape index (κ1) is 15.3. The molecule has 1 atom stereocenters. The van der Waals surface area contributed by atoms with Crippen LogP contribution in [0.25, 0.3) is 0 Å². The molecule has 1 N–H and O–H groups in total. The van der Waals surface area contributed by atoms with E-state index in [4.69, 9.17) is 4.74 Å². The van der Waals surface area contributed by atoms with E-state index in [0.717, 1.165) is 6.07 Å². The van der Waals surface area contributed by atoms with Crippen LogP contribution >= 0.6 is 0 Å². The summed E-state index contributed by atoms with van der Waals surface area (Å²) in [6, 6.07) is 5.15. The van der Waals surface area contributed by atoms with Crippen molar-refractivity contribution in [1.82, 2.24) is 0 Å². The maximum absolute atomic E-state index is 13.2. The SMILES string of the molecule is CC1(C)CC(O)(c2ccccc2C(F)(F)F)C(C)(C)O1. The van der Waals surface area contributed by atoms with E-state index in [0.29, 0.717) is 0 Å². The van der Waals surface area contributed by atoms with Crippen molar-refractivity contribution in [3.63, 3.8) is 0 Å². The monoisotopic (exact) mass is 288 g/mol. The zero-order valence-electron chi connectivity index (χ0n) is 12.0. The summed E-state index contributed by atoms with van der Waals surface area (Å²) in [4.78, 5) is 0. The third kappa shape index (κ3) is 2.33. The quantitative estimate of drug-likeness (QED) is 0.850. The summed E-state index contributed by atoms with van der Waals surface area (Å²) in [5.74, 6) is 0. The van der Waals surface area contributed by atoms with Crippen LogP contribution in [-0.4, -0.2) is 16.3 Å². The molecule has 1 aromatic rings. The van der Waals surface area contributed by atoms with Gasteiger partial charge in [-0.3, -0.25) is 0 Å². The highest BCUT2D eigenvalue weighted by Gasteiger charge is 2.59. The van der Waals surface area contributed by atoms with Crippen molar-refractivity contribution in [2.24, 2.45) is 0 Å². The summed E-state index contributed by atoms with van der Waals surface area (Å²) in [7, 11) is 0. The van der Waals surface area contributed by atoms with Crippen LogP contribution in [-0.2, 0) is 16.5 Å². The van der Waals surface area contributed by atoms with Crippen molar-refractivity contribution in [3.8, 4) is 0 Å². The van der Waals surface area contributed by atoms with Gasteiger partial charge < -0.3 is 9.84 Å². The van der Waals surface area contributed by atoms with E-state index in [1.165, 1.54) is 18.2 Å². The van der Waals surface area contributed by atoms with E-state index < -0.39 is 28.5 Å². The van der Waals surface area contributed by atoms with Crippen molar-refractivity contribution in [2.45, 2.75) is 57.1 Å². The van der Waals surface area contributed by atoms with Crippen LogP contribution in [0.15, 0.2) is 24.3 Å². The van der Waals surface area contributed by atoms with Crippen LogP contribution in [0.1, 0.15) is 45.2 Å². The minimum absolute atomic E-state index is 0.111. The summed E-state index contributed by atoms with van der Waals surface area (Å²) in [5, 5.41) is 10.9. The first-order valence-electron chi connectivity index (χ1n) is 6.48. The van der Waals surface area contributed by atoms with E-state index in [1.54, 1.807) is 27.7 Å². The van der Waals surface area contributed by atoms with Crippen LogP contribution in [0.3, 0.4) is 0 Å². The molecule has 1 aliphatic rings. The molecular weight excluding hydrogens is 269 g/mol. The van der Waals surface area contributed by atoms with Crippen molar-refractivity contribution in [2.75, 3.05) is 0 Å². The van der Waals surface area contributed by atoms with Gasteiger partial charge in [0.1, 0.15) is 5.60 Å². The smallest absolute Gasteiger partial charge is 0.382 e. The van der Waals surface area contributed by atoms with Gasteiger partial charge in [0.25, 0.3) is 0 Å². The van der Waals surface area contributed by atoms with Gasteiger partial charge >= 0.3 is 6.18 Å². The fraction of sp³-hybridized carbons (Fsp3) is 0.600. The Balaban J connectivity index is 2.62. The summed E-state index contributed by atoms with van der Waals surface area (Å²) in [6.45, 7) is 6.77. The van der Waals surface area contributed by atoms with Crippen molar-refractivity contribution in [1.29, 1.82) is 0 Å². The standard InChI is InChI=1S/C15H19F3O2/c1-12(2)9-14(19,13(3,4)20-12)10-7-5-6-8-11(10)15(16,17)18/h5-8,19H,9H2,1-4H3. The number of rotatable bonds is 1. The Bertz CT molecular complexity index is 520. The Morgan fingerprint density at radius 1 is 1.10 bits per heavy atom. The number of aliphatic hydroxyl groups is 1. The van der Waals surface area contributed by atoms with Gasteiger partial charge in [-0.05, 0) is 39.3 Å². The zero-order chi connectivity index (χ0) is 15.4. The van der Waals surface area contributed by atoms with Crippen LogP contribution in [0, 0.1) is 0 Å². The average Bonchev–Trinajstić information content (AvgIpc) is 2.42. The lowest BCUT2D eigenvalue weighted by Crippen LogP contribution is -2.44. The molecule has 5 heteroatoms. The van der Waals surface area contributed by atoms with E-state index in [-0.39, 0.29) is 12.0 Å². The highest BCUT2D eigenvalue weighted by atomic mass is 19.4. The normalized spacial score (nSPS) is 28.6. The van der Waals surface area contributed by atoms with Gasteiger partial charge in [-0.1, -0.05) is 18.2 Å². The summed E-state index contributed by atoms with van der Waals surface area (Å²) < 4.78 is 45.2. The van der Waals surface area contributed by atoms with Gasteiger partial charge in [0.2, 0.25) is 0 Å². The van der Waals surface area contributed by atoms with Gasteiger partial charge in [-0.15, -0.1) is 0 Å². The molecule has 1 saturated heterocycles. The molecule has 1 unspecified atom stereocenters. The first-order chi connectivity index (χ1) is 8.89. The Kier molecular flexibility index (Phi) is 3.23. The number of halogens is 3. The van der Waals surface area contributed by atoms with Crippen LogP contribution in [0.5, 0.6) is 0 Å². The minimum Gasteiger partial charge on any atom is -0.382 e. The minimum atomic E-state index is -4.50. The third-order valence-corrected chi connectivity index (χ3v) is 3.89. The second-order valence-corrected chi connectivity index (χ2v) is 6.45. The van der Waals surface area contributed by atoms with E-state index in [9.17, 15) is 18.3 Å². The maximum atomic E-state index is 13.2. The number of ether oxygens (including phenoxy) is 1. The van der Waals surface area contributed by atoms with E-state index in [1.807, 2.05) is 0 Å². The molecule has 0 radical (unpaired) electrons. The first-order valence-corrected chi connectivity index (χ1v) is 6.48. The molecule has 2 rings (SSSR count). The molecule has 20 heavy (non-hydrogen) atoms. The topological polar surface area (TPSA) is 29.5 Å². The average molecular weight is 288 g/mol. The molecule has 0 aliphatic carbocycles. The molecule has 1 fully saturated rings. The molecule has 0 amide bonds. The second-order valence-electron chi connectivity index (χ2n) is 6.45. The highest BCUT2D eigenvalue weighted by molar-refractivity contribution is 5.38. The molecule has 1 aromatic carbocycles. The van der Waals surface area contributed by atoms with Gasteiger partial charge in [0.15, 0.2) is 0 Å². The lowest BCUT2D eigenvalue weighted by atomic mass is 9.75. The fourth-order valence-corrected chi connectivity index (χ4v) is 3.15. The highest BCUT2D eigenvalue weighted by Crippen LogP contribution is 2.53. The van der Waals surface area contributed by atoms with Crippen molar-refractivity contribution in [3.05, 3.63) is 35.4 Å². The lowest BCUT2D eigenvalue weighted by molar-refractivity contribution is -0.150. The molecule has 0 saturated carbocycles. The number of benzene rings is 1. The van der Waals surface area contributed by atoms with E-state index >= 15 is 0 Å². The van der Waals surface area contributed by atoms with Gasteiger partial charge in [-0.2, -0.15) is 13.2 Å². The predicted octanol–water partition coefficient (Wildman–Crippen LogP) is 3.87. The summed E-state index contributed by atoms with van der Waals surface area (Å²) in [5.41, 5.74) is -4.39. The number of hydrogen-bond donors (Lipinski definition) is 1. The molecule has 1 heterocycles. The molecule has 2 nitrogen and oxygen atoms in total. The summed E-state index contributed by atoms with van der Waals surface area (Å²) >= 11 is 0. The molecule has 0 bridgehead atoms. The van der Waals surface area contributed by atoms with Gasteiger partial charge in [-0.25, -0.2) is 0 Å². The third-order valence-electron chi connectivity index (χ3n) is 3.89. The Morgan fingerprint density at radius 3 is 2.10 bits per heavy atom. The maximum Gasteiger partial charge on any atom is 0.416 e. The summed E-state index contributed by atoms with van der Waals surface area (Å²) in [6.07, 6.45) is -4.39. The van der Waals surface area contributed by atoms with E-state index in [2.05, 4.69) is 0 Å². The number of alkyl halides is 3. The number of hydrogen-bond acceptors (Lipinski definition) is 2. The Labute approximate surface area is 116 Å². The molecule has 0 aromatic heterocycles. The van der Waals surface area contributed by atoms with Crippen LogP contribution in [0.4, 0.5) is 13.2 Å². The zero-order valence-corrected chi connectivity index (χ0v) is 12.0. The molecular formula is C15H19F3O2. The van der Waals surface area contributed by atoms with Crippen molar-refractivity contribution >= 4 is 0 Å². The fourth-order valence-electron chi connectivity index (χ4n) is 3.15. The Hall–Kier alpha value is -1.07. The second kappa shape index (κ2) is 4.21. The van der Waals surface area contributed by atoms with Gasteiger partial charge in [0, 0.05) is 6.42 Å². The predicted molar refractivity (Wildman–Crippen MR) is 69.2 cm³/mol. The molecule has 0 spiro atoms. The molecule has 1 aliphatic heterocycles. The lowest BCUT2D eigenvalue weighted by Gasteiger charge is -2.37. The van der Waals surface area contributed by atoms with Gasteiger partial charge in [0.05, 0.1) is 16.8 Å².